The molecule has 5 N–H and O–H groups in total. The quantitative estimate of drug-likeness (QED) is 0.232. The Kier molecular flexibility index (Phi) is 17.6. The first-order valence-corrected chi connectivity index (χ1v) is 10.5. The summed E-state index contributed by atoms with van der Waals surface area (Å²) in [6, 6.07) is -0.547. The number of carboxylic acid groups (broad SMARTS) is 1. The maximum absolute atomic E-state index is 12.6. The largest absolute Gasteiger partial charge is 0.477 e. The van der Waals surface area contributed by atoms with Gasteiger partial charge in [0.1, 0.15) is 5.70 Å². The van der Waals surface area contributed by atoms with E-state index in [-0.39, 0.29) is 48.4 Å². The Bertz CT molecular complexity index is 526. The summed E-state index contributed by atoms with van der Waals surface area (Å²) in [4.78, 5) is 35.9. The number of halogens is 1. The highest BCUT2D eigenvalue weighted by Crippen LogP contribution is 2.13. The zero-order valence-electron chi connectivity index (χ0n) is 18.3. The van der Waals surface area contributed by atoms with E-state index in [9.17, 15) is 14.4 Å². The van der Waals surface area contributed by atoms with Crippen LogP contribution in [-0.2, 0) is 14.4 Å². The van der Waals surface area contributed by atoms with Crippen LogP contribution in [0.1, 0.15) is 85.5 Å². The average Bonchev–Trinajstić information content (AvgIpc) is 2.65. The van der Waals surface area contributed by atoms with Gasteiger partial charge in [0.05, 0.1) is 5.92 Å². The number of hydrogen-bond donors (Lipinski definition) is 4. The normalized spacial score (nSPS) is 14.3. The van der Waals surface area contributed by atoms with Crippen molar-refractivity contribution in [3.8, 4) is 0 Å². The SMILES string of the molecule is CC=C(NC(=O)C[C@H](CCCCC)NC(=O)[C@H](C)[C@@H](N)CCCCC)C(=O)O.Cl. The summed E-state index contributed by atoms with van der Waals surface area (Å²) < 4.78 is 0. The summed E-state index contributed by atoms with van der Waals surface area (Å²) in [6.45, 7) is 7.57. The number of unbranched alkanes of at least 4 members (excludes halogenated alkanes) is 4. The zero-order chi connectivity index (χ0) is 21.5. The van der Waals surface area contributed by atoms with Crippen molar-refractivity contribution in [2.45, 2.75) is 97.6 Å². The van der Waals surface area contributed by atoms with Crippen LogP contribution in [0.15, 0.2) is 11.8 Å². The van der Waals surface area contributed by atoms with Crippen molar-refractivity contribution in [3.05, 3.63) is 11.8 Å². The van der Waals surface area contributed by atoms with Gasteiger partial charge in [0.2, 0.25) is 11.8 Å². The lowest BCUT2D eigenvalue weighted by Gasteiger charge is -2.24. The van der Waals surface area contributed by atoms with E-state index in [1.165, 1.54) is 6.08 Å². The van der Waals surface area contributed by atoms with Gasteiger partial charge in [-0.2, -0.15) is 0 Å². The molecule has 0 aromatic carbocycles. The number of carbonyl (C=O) groups is 3. The van der Waals surface area contributed by atoms with Crippen molar-refractivity contribution in [2.24, 2.45) is 11.7 Å². The fourth-order valence-corrected chi connectivity index (χ4v) is 2.95. The number of nitrogens with one attached hydrogen (secondary N) is 2. The molecule has 0 aliphatic heterocycles. The maximum Gasteiger partial charge on any atom is 0.352 e. The zero-order valence-corrected chi connectivity index (χ0v) is 19.1. The number of carbonyl (C=O) groups excluding carboxylic acids is 2. The molecule has 0 saturated carbocycles. The van der Waals surface area contributed by atoms with Gasteiger partial charge >= 0.3 is 5.97 Å². The molecule has 0 fully saturated rings. The number of carboxylic acids is 1. The highest BCUT2D eigenvalue weighted by molar-refractivity contribution is 5.92. The number of hydrogen-bond acceptors (Lipinski definition) is 4. The van der Waals surface area contributed by atoms with Gasteiger partial charge in [0.15, 0.2) is 0 Å². The van der Waals surface area contributed by atoms with Crippen LogP contribution in [0.3, 0.4) is 0 Å². The van der Waals surface area contributed by atoms with E-state index in [0.717, 1.165) is 44.9 Å². The molecule has 0 radical (unpaired) electrons. The van der Waals surface area contributed by atoms with E-state index >= 15 is 0 Å². The van der Waals surface area contributed by atoms with Gasteiger partial charge in [-0.1, -0.05) is 65.4 Å². The Labute approximate surface area is 181 Å². The molecule has 0 aromatic heterocycles. The van der Waals surface area contributed by atoms with Crippen molar-refractivity contribution >= 4 is 30.2 Å². The number of allylic oxidation sites excluding steroid dienone is 1. The predicted molar refractivity (Wildman–Crippen MR) is 119 cm³/mol. The Morgan fingerprint density at radius 1 is 1.03 bits per heavy atom. The third kappa shape index (κ3) is 13.3. The topological polar surface area (TPSA) is 122 Å². The van der Waals surface area contributed by atoms with Crippen molar-refractivity contribution < 1.29 is 19.5 Å². The predicted octanol–water partition coefficient (Wildman–Crippen LogP) is 3.51. The molecule has 170 valence electrons. The van der Waals surface area contributed by atoms with Crippen LogP contribution in [0.2, 0.25) is 0 Å². The van der Waals surface area contributed by atoms with E-state index in [1.54, 1.807) is 6.92 Å². The fraction of sp³-hybridized carbons (Fsp3) is 0.762. The third-order valence-electron chi connectivity index (χ3n) is 4.92. The van der Waals surface area contributed by atoms with Gasteiger partial charge in [-0.25, -0.2) is 4.79 Å². The molecule has 29 heavy (non-hydrogen) atoms. The Balaban J connectivity index is 0. The second-order valence-corrected chi connectivity index (χ2v) is 7.41. The molecule has 8 heteroatoms. The minimum absolute atomic E-state index is 0. The summed E-state index contributed by atoms with van der Waals surface area (Å²) in [7, 11) is 0. The van der Waals surface area contributed by atoms with Crippen molar-refractivity contribution in [1.29, 1.82) is 0 Å². The first-order valence-electron chi connectivity index (χ1n) is 10.5. The molecule has 0 aliphatic rings. The second-order valence-electron chi connectivity index (χ2n) is 7.41. The lowest BCUT2D eigenvalue weighted by molar-refractivity contribution is -0.135. The van der Waals surface area contributed by atoms with E-state index < -0.39 is 11.9 Å². The van der Waals surface area contributed by atoms with Gasteiger partial charge in [-0.15, -0.1) is 12.4 Å². The lowest BCUT2D eigenvalue weighted by Crippen LogP contribution is -2.46. The molecule has 2 amide bonds. The minimum Gasteiger partial charge on any atom is -0.477 e. The Morgan fingerprint density at radius 2 is 1.59 bits per heavy atom. The molecule has 0 spiro atoms. The molecule has 0 unspecified atom stereocenters. The first kappa shape index (κ1) is 29.6. The highest BCUT2D eigenvalue weighted by atomic mass is 35.5. The van der Waals surface area contributed by atoms with Crippen LogP contribution in [0.4, 0.5) is 0 Å². The highest BCUT2D eigenvalue weighted by Gasteiger charge is 2.24. The summed E-state index contributed by atoms with van der Waals surface area (Å²) in [6.07, 6.45) is 8.98. The van der Waals surface area contributed by atoms with Gasteiger partial charge < -0.3 is 21.5 Å². The monoisotopic (exact) mass is 433 g/mol. The van der Waals surface area contributed by atoms with Crippen molar-refractivity contribution in [2.75, 3.05) is 0 Å². The smallest absolute Gasteiger partial charge is 0.352 e. The maximum atomic E-state index is 12.6. The van der Waals surface area contributed by atoms with Gasteiger partial charge in [-0.05, 0) is 19.8 Å². The first-order chi connectivity index (χ1) is 13.3. The third-order valence-corrected chi connectivity index (χ3v) is 4.92. The molecule has 7 nitrogen and oxygen atoms in total. The molecule has 0 aliphatic carbocycles. The van der Waals surface area contributed by atoms with E-state index in [1.807, 2.05) is 6.92 Å². The average molecular weight is 434 g/mol. The van der Waals surface area contributed by atoms with Crippen LogP contribution in [0.25, 0.3) is 0 Å². The Hall–Kier alpha value is -1.60. The van der Waals surface area contributed by atoms with Crippen LogP contribution < -0.4 is 16.4 Å². The number of nitrogens with two attached hydrogens (primary N) is 1. The molecular formula is C21H40ClN3O4. The molecule has 0 rings (SSSR count). The second kappa shape index (κ2) is 17.3. The van der Waals surface area contributed by atoms with Crippen molar-refractivity contribution in [3.63, 3.8) is 0 Å². The summed E-state index contributed by atoms with van der Waals surface area (Å²) >= 11 is 0. The number of amides is 2. The summed E-state index contributed by atoms with van der Waals surface area (Å²) in [5, 5.41) is 14.4. The lowest BCUT2D eigenvalue weighted by atomic mass is 9.95. The van der Waals surface area contributed by atoms with Crippen LogP contribution in [0.5, 0.6) is 0 Å². The molecule has 0 bridgehead atoms. The number of aliphatic carboxylic acids is 1. The molecule has 0 heterocycles. The summed E-state index contributed by atoms with van der Waals surface area (Å²) in [5.41, 5.74) is 6.00. The Morgan fingerprint density at radius 3 is 2.07 bits per heavy atom. The minimum atomic E-state index is -1.19. The van der Waals surface area contributed by atoms with Gasteiger partial charge in [-0.3, -0.25) is 9.59 Å². The fourth-order valence-electron chi connectivity index (χ4n) is 2.95. The van der Waals surface area contributed by atoms with Gasteiger partial charge in [0, 0.05) is 18.5 Å². The standard InChI is InChI=1S/C21H39N3O4.ClH/c1-5-8-10-12-16(14-19(25)24-18(7-3)21(27)28)23-20(26)15(4)17(22)13-11-9-6-2;/h7,15-17H,5-6,8-14,22H2,1-4H3,(H,23,26)(H,24,25)(H,27,28);1H/t15-,16+,17+;/m1./s1. The molecule has 0 saturated heterocycles. The van der Waals surface area contributed by atoms with Crippen LogP contribution >= 0.6 is 12.4 Å². The molecular weight excluding hydrogens is 394 g/mol. The van der Waals surface area contributed by atoms with Gasteiger partial charge in [0.25, 0.3) is 0 Å². The van der Waals surface area contributed by atoms with E-state index in [4.69, 9.17) is 10.8 Å². The van der Waals surface area contributed by atoms with Crippen LogP contribution in [0, 0.1) is 5.92 Å². The van der Waals surface area contributed by atoms with Crippen molar-refractivity contribution in [1.82, 2.24) is 10.6 Å². The molecule has 0 aromatic rings. The van der Waals surface area contributed by atoms with E-state index in [2.05, 4.69) is 24.5 Å². The number of rotatable bonds is 15. The molecule has 3 atom stereocenters. The van der Waals surface area contributed by atoms with Crippen LogP contribution in [-0.4, -0.2) is 35.0 Å². The summed E-state index contributed by atoms with van der Waals surface area (Å²) in [5.74, 6) is -2.09. The van der Waals surface area contributed by atoms with E-state index in [0.29, 0.717) is 6.42 Å².